The van der Waals surface area contributed by atoms with Crippen LogP contribution in [0.25, 0.3) is 0 Å². The van der Waals surface area contributed by atoms with Crippen LogP contribution in [-0.4, -0.2) is 151 Å². The third kappa shape index (κ3) is 21.2. The minimum Gasteiger partial charge on any atom is -0.508 e. The fraction of sp³-hybridized carbons (Fsp3) is 0.605. The predicted octanol–water partition coefficient (Wildman–Crippen LogP) is -5.25. The Bertz CT molecular complexity index is 2180. The van der Waals surface area contributed by atoms with Gasteiger partial charge in [0.15, 0.2) is 9.84 Å². The van der Waals surface area contributed by atoms with E-state index in [1.807, 2.05) is 0 Å². The maximum Gasteiger partial charge on any atom is 0.243 e. The van der Waals surface area contributed by atoms with Crippen molar-refractivity contribution in [3.8, 4) is 5.75 Å². The number of carbonyl (C=O) groups is 11. The lowest BCUT2D eigenvalue weighted by Gasteiger charge is -2.29. The predicted molar refractivity (Wildman–Crippen MR) is 248 cm³/mol. The zero-order valence-electron chi connectivity index (χ0n) is 39.5. The highest BCUT2D eigenvalue weighted by Crippen LogP contribution is 2.15. The van der Waals surface area contributed by atoms with Crippen LogP contribution >= 0.6 is 0 Å². The van der Waals surface area contributed by atoms with Crippen molar-refractivity contribution < 1.29 is 71.4 Å². The molecule has 1 aliphatic rings. The van der Waals surface area contributed by atoms with E-state index in [1.54, 1.807) is 27.7 Å². The topological polar surface area (TPSA) is 437 Å². The number of nitrogens with two attached hydrogens (primary N) is 3. The van der Waals surface area contributed by atoms with E-state index in [2.05, 4.69) is 42.5 Å². The smallest absolute Gasteiger partial charge is 0.243 e. The molecule has 0 aromatic heterocycles. The molecule has 0 radical (unpaired) electrons. The lowest BCUT2D eigenvalue weighted by atomic mass is 9.96. The first kappa shape index (κ1) is 59.2. The van der Waals surface area contributed by atoms with Crippen LogP contribution in [0.4, 0.5) is 0 Å². The van der Waals surface area contributed by atoms with Crippen molar-refractivity contribution in [2.75, 3.05) is 24.7 Å². The molecule has 1 heterocycles. The number of aliphatic hydroxyl groups is 1. The van der Waals surface area contributed by atoms with Crippen molar-refractivity contribution in [2.45, 2.75) is 128 Å². The van der Waals surface area contributed by atoms with Crippen molar-refractivity contribution >= 4 is 74.8 Å². The van der Waals surface area contributed by atoms with Gasteiger partial charge in [-0.05, 0) is 55.2 Å². The van der Waals surface area contributed by atoms with Gasteiger partial charge >= 0.3 is 0 Å². The van der Waals surface area contributed by atoms with Gasteiger partial charge < -0.3 is 69.9 Å². The number of aromatic hydroxyl groups is 1. The summed E-state index contributed by atoms with van der Waals surface area (Å²) in [7, 11) is -4.33. The molecule has 1 fully saturated rings. The van der Waals surface area contributed by atoms with Gasteiger partial charge in [-0.25, -0.2) is 8.42 Å². The van der Waals surface area contributed by atoms with Gasteiger partial charge in [0.2, 0.25) is 65.0 Å². The zero-order chi connectivity index (χ0) is 52.9. The molecule has 390 valence electrons. The summed E-state index contributed by atoms with van der Waals surface area (Å²) in [6.07, 6.45) is -3.78. The maximum absolute atomic E-state index is 14.0. The normalized spacial score (nSPS) is 22.0. The number of phenolic OH excluding ortho intramolecular Hbond substituents is 1. The number of benzene rings is 1. The van der Waals surface area contributed by atoms with Gasteiger partial charge in [0, 0.05) is 25.9 Å². The lowest BCUT2D eigenvalue weighted by molar-refractivity contribution is -0.137. The molecule has 0 unspecified atom stereocenters. The second-order valence-electron chi connectivity index (χ2n) is 17.4. The van der Waals surface area contributed by atoms with Crippen LogP contribution in [0.2, 0.25) is 0 Å². The highest BCUT2D eigenvalue weighted by atomic mass is 32.2. The Hall–Kier alpha value is -6.90. The SMILES string of the molecule is CC[C@H](C)[C@@H]1NC(=O)[C@H](Cc2ccc(O)cc2)NC(=O)CCS(=O)(=O)CC[C@@H](C(=O)N[C@@H](CCO)C(=O)N[C@@H](CC(C)C)C(=O)NCC(N)=O)NC(=O)[C@H](CC(N)=O)NC(=O)[C@H](CCC(N)=O)NC1=O. The summed E-state index contributed by atoms with van der Waals surface area (Å²) in [4.78, 5) is 145. The van der Waals surface area contributed by atoms with Gasteiger partial charge in [-0.15, -0.1) is 0 Å². The summed E-state index contributed by atoms with van der Waals surface area (Å²) in [5.41, 5.74) is 16.3. The molecule has 2 rings (SSSR count). The monoisotopic (exact) mass is 1010 g/mol. The van der Waals surface area contributed by atoms with Crippen molar-refractivity contribution in [3.63, 3.8) is 0 Å². The van der Waals surface area contributed by atoms with E-state index in [0.29, 0.717) is 5.56 Å². The van der Waals surface area contributed by atoms with Gasteiger partial charge in [-0.2, -0.15) is 0 Å². The minimum absolute atomic E-state index is 0.0371. The summed E-state index contributed by atoms with van der Waals surface area (Å²) in [5.74, 6) is -14.0. The van der Waals surface area contributed by atoms with E-state index < -0.39 is 186 Å². The van der Waals surface area contributed by atoms with E-state index in [4.69, 9.17) is 17.2 Å². The Morgan fingerprint density at radius 3 is 1.93 bits per heavy atom. The van der Waals surface area contributed by atoms with Crippen molar-refractivity contribution in [1.29, 1.82) is 0 Å². The molecule has 8 atom stereocenters. The van der Waals surface area contributed by atoms with E-state index in [9.17, 15) is 71.4 Å². The number of nitrogens with one attached hydrogen (secondary N) is 8. The van der Waals surface area contributed by atoms with E-state index in [0.717, 1.165) is 0 Å². The molecule has 0 saturated carbocycles. The van der Waals surface area contributed by atoms with Crippen LogP contribution in [0.5, 0.6) is 5.75 Å². The number of hydrogen-bond donors (Lipinski definition) is 13. The molecule has 1 aromatic rings. The van der Waals surface area contributed by atoms with Crippen LogP contribution < -0.4 is 59.7 Å². The molecular formula is C43H67N11O15S. The minimum atomic E-state index is -4.33. The molecule has 16 N–H and O–H groups in total. The lowest BCUT2D eigenvalue weighted by Crippen LogP contribution is -2.61. The third-order valence-electron chi connectivity index (χ3n) is 11.0. The van der Waals surface area contributed by atoms with Gasteiger partial charge in [0.1, 0.15) is 48.0 Å². The summed E-state index contributed by atoms with van der Waals surface area (Å²) < 4.78 is 27.0. The molecule has 0 spiro atoms. The number of aliphatic hydroxyl groups excluding tert-OH is 1. The molecule has 11 amide bonds. The Labute approximate surface area is 404 Å². The largest absolute Gasteiger partial charge is 0.508 e. The first-order valence-electron chi connectivity index (χ1n) is 22.6. The number of hydrogen-bond acceptors (Lipinski definition) is 15. The number of amides is 11. The van der Waals surface area contributed by atoms with Crippen LogP contribution in [-0.2, 0) is 69.0 Å². The molecule has 0 aliphatic carbocycles. The molecule has 0 bridgehead atoms. The summed E-state index contributed by atoms with van der Waals surface area (Å²) in [5, 5.41) is 38.7. The molecule has 26 nitrogen and oxygen atoms in total. The van der Waals surface area contributed by atoms with Crippen LogP contribution in [0, 0.1) is 11.8 Å². The fourth-order valence-corrected chi connectivity index (χ4v) is 8.23. The van der Waals surface area contributed by atoms with Crippen LogP contribution in [0.1, 0.15) is 84.6 Å². The average Bonchev–Trinajstić information content (AvgIpc) is 3.27. The standard InChI is InChI=1S/C43H67N11O15S/c1-5-23(4)36-43(67)51-26(10-11-32(44)57)38(62)53-31(20-33(45)58)41(65)50-28(40(64)49-27(12-15-55)39(63)52-29(18-22(2)3)37(61)47-21-34(46)59)13-16-70(68,69)17-14-35(60)48-30(42(66)54-36)19-24-6-8-25(56)9-7-24/h6-9,22-23,26-31,36,55-56H,5,10-21H2,1-4H3,(H2,44,57)(H2,45,58)(H2,46,59)(H,47,61)(H,48,60)(H,49,64)(H,50,65)(H,51,67)(H,52,63)(H,53,62)(H,54,66)/t23-,26-,27-,28-,29-,30-,31-,36-/m0/s1. The summed E-state index contributed by atoms with van der Waals surface area (Å²) in [6.45, 7) is 5.45. The highest BCUT2D eigenvalue weighted by Gasteiger charge is 2.37. The maximum atomic E-state index is 14.0. The van der Waals surface area contributed by atoms with Crippen molar-refractivity contribution in [2.24, 2.45) is 29.0 Å². The highest BCUT2D eigenvalue weighted by molar-refractivity contribution is 7.91. The van der Waals surface area contributed by atoms with Gasteiger partial charge in [-0.1, -0.05) is 46.2 Å². The summed E-state index contributed by atoms with van der Waals surface area (Å²) >= 11 is 0. The van der Waals surface area contributed by atoms with E-state index in [-0.39, 0.29) is 30.9 Å². The molecular weight excluding hydrogens is 943 g/mol. The number of primary amides is 3. The fourth-order valence-electron chi connectivity index (χ4n) is 6.93. The molecule has 1 aromatic carbocycles. The van der Waals surface area contributed by atoms with Crippen LogP contribution in [0.3, 0.4) is 0 Å². The second kappa shape index (κ2) is 28.6. The Kier molecular flexibility index (Phi) is 24.2. The third-order valence-corrected chi connectivity index (χ3v) is 12.7. The average molecular weight is 1010 g/mol. The van der Waals surface area contributed by atoms with Crippen molar-refractivity contribution in [3.05, 3.63) is 29.8 Å². The molecule has 70 heavy (non-hydrogen) atoms. The number of sulfone groups is 1. The first-order valence-corrected chi connectivity index (χ1v) is 24.4. The molecule has 1 aliphatic heterocycles. The first-order chi connectivity index (χ1) is 32.7. The second-order valence-corrected chi connectivity index (χ2v) is 19.7. The number of rotatable bonds is 20. The van der Waals surface area contributed by atoms with Gasteiger partial charge in [-0.3, -0.25) is 52.7 Å². The van der Waals surface area contributed by atoms with E-state index >= 15 is 0 Å². The Balaban J connectivity index is 2.69. The van der Waals surface area contributed by atoms with Gasteiger partial charge in [0.05, 0.1) is 24.5 Å². The van der Waals surface area contributed by atoms with E-state index in [1.165, 1.54) is 24.3 Å². The summed E-state index contributed by atoms with van der Waals surface area (Å²) in [6, 6.07) is -5.71. The zero-order valence-corrected chi connectivity index (χ0v) is 40.4. The molecule has 1 saturated heterocycles. The van der Waals surface area contributed by atoms with Gasteiger partial charge in [0.25, 0.3) is 0 Å². The van der Waals surface area contributed by atoms with Crippen molar-refractivity contribution in [1.82, 2.24) is 42.5 Å². The Morgan fingerprint density at radius 1 is 0.743 bits per heavy atom. The number of phenols is 1. The molecule has 27 heteroatoms. The van der Waals surface area contributed by atoms with Crippen LogP contribution in [0.15, 0.2) is 24.3 Å². The Morgan fingerprint density at radius 2 is 1.36 bits per heavy atom. The number of carbonyl (C=O) groups excluding carboxylic acids is 11. The quantitative estimate of drug-likeness (QED) is 0.0581.